The van der Waals surface area contributed by atoms with Gasteiger partial charge in [-0.15, -0.1) is 0 Å². The van der Waals surface area contributed by atoms with Crippen molar-refractivity contribution >= 4 is 23.4 Å². The van der Waals surface area contributed by atoms with Gasteiger partial charge in [-0.05, 0) is 42.0 Å². The minimum Gasteiger partial charge on any atom is -0.497 e. The number of amides is 1. The number of rotatable bonds is 5. The monoisotopic (exact) mass is 411 g/mol. The molecule has 0 aliphatic carbocycles. The van der Waals surface area contributed by atoms with Gasteiger partial charge in [0.15, 0.2) is 5.96 Å². The van der Waals surface area contributed by atoms with Crippen LogP contribution in [-0.2, 0) is 11.3 Å². The summed E-state index contributed by atoms with van der Waals surface area (Å²) < 4.78 is 9.84. The lowest BCUT2D eigenvalue weighted by Crippen LogP contribution is -2.52. The predicted octanol–water partition coefficient (Wildman–Crippen LogP) is 2.77. The number of hydrogen-bond donors (Lipinski definition) is 2. The van der Waals surface area contributed by atoms with Crippen LogP contribution in [0.5, 0.6) is 5.75 Å². The highest BCUT2D eigenvalue weighted by Crippen LogP contribution is 2.20. The van der Waals surface area contributed by atoms with E-state index in [2.05, 4.69) is 42.3 Å². The number of methoxy groups -OCH3 is 2. The van der Waals surface area contributed by atoms with Gasteiger partial charge in [0.05, 0.1) is 14.2 Å². The molecule has 1 saturated heterocycles. The van der Waals surface area contributed by atoms with Crippen LogP contribution in [0.15, 0.2) is 53.5 Å². The van der Waals surface area contributed by atoms with Gasteiger partial charge in [0.25, 0.3) is 0 Å². The average molecular weight is 412 g/mol. The molecular weight excluding hydrogens is 382 g/mol. The standard InChI is InChI=1S/C22H29N5O3/c1-23-21(24-16-17-4-6-18(7-5-17)25-22(28)30-3)27-14-12-26(13-15-27)19-8-10-20(29-2)11-9-19/h4-11H,12-16H2,1-3H3,(H,23,24)(H,25,28). The molecule has 0 spiro atoms. The normalized spacial score (nSPS) is 14.3. The average Bonchev–Trinajstić information content (AvgIpc) is 2.81. The number of guanidine groups is 1. The Hall–Kier alpha value is -3.42. The first-order valence-electron chi connectivity index (χ1n) is 9.91. The lowest BCUT2D eigenvalue weighted by molar-refractivity contribution is 0.187. The second-order valence-electron chi connectivity index (χ2n) is 6.89. The summed E-state index contributed by atoms with van der Waals surface area (Å²) in [6.45, 7) is 4.31. The van der Waals surface area contributed by atoms with E-state index in [0.717, 1.165) is 43.5 Å². The van der Waals surface area contributed by atoms with Crippen LogP contribution in [0.2, 0.25) is 0 Å². The van der Waals surface area contributed by atoms with Crippen molar-refractivity contribution in [2.75, 3.05) is 57.7 Å². The molecule has 2 aromatic rings. The van der Waals surface area contributed by atoms with E-state index in [0.29, 0.717) is 12.2 Å². The number of nitrogens with zero attached hydrogens (tertiary/aromatic N) is 3. The zero-order valence-corrected chi connectivity index (χ0v) is 17.7. The Morgan fingerprint density at radius 2 is 1.67 bits per heavy atom. The van der Waals surface area contributed by atoms with Crippen molar-refractivity contribution in [2.45, 2.75) is 6.54 Å². The summed E-state index contributed by atoms with van der Waals surface area (Å²) in [5.74, 6) is 1.76. The number of piperazine rings is 1. The van der Waals surface area contributed by atoms with Gasteiger partial charge in [-0.3, -0.25) is 10.3 Å². The lowest BCUT2D eigenvalue weighted by Gasteiger charge is -2.37. The molecule has 0 saturated carbocycles. The van der Waals surface area contributed by atoms with E-state index >= 15 is 0 Å². The molecule has 2 aromatic carbocycles. The highest BCUT2D eigenvalue weighted by atomic mass is 16.5. The first-order valence-corrected chi connectivity index (χ1v) is 9.91. The van der Waals surface area contributed by atoms with Gasteiger partial charge in [-0.25, -0.2) is 4.79 Å². The van der Waals surface area contributed by atoms with E-state index in [1.165, 1.54) is 12.8 Å². The van der Waals surface area contributed by atoms with Crippen molar-refractivity contribution in [3.05, 3.63) is 54.1 Å². The van der Waals surface area contributed by atoms with Crippen LogP contribution < -0.4 is 20.3 Å². The fourth-order valence-corrected chi connectivity index (χ4v) is 3.36. The largest absolute Gasteiger partial charge is 0.497 e. The first kappa shape index (κ1) is 21.3. The molecule has 1 aliphatic rings. The molecular formula is C22H29N5O3. The molecule has 0 bridgehead atoms. The van der Waals surface area contributed by atoms with Gasteiger partial charge >= 0.3 is 6.09 Å². The Morgan fingerprint density at radius 3 is 2.23 bits per heavy atom. The number of aliphatic imine (C=N–C) groups is 1. The molecule has 3 rings (SSSR count). The molecule has 1 aliphatic heterocycles. The Balaban J connectivity index is 1.49. The zero-order chi connectivity index (χ0) is 21.3. The molecule has 1 heterocycles. The van der Waals surface area contributed by atoms with Crippen molar-refractivity contribution in [3.8, 4) is 5.75 Å². The number of carbonyl (C=O) groups is 1. The summed E-state index contributed by atoms with van der Waals surface area (Å²) in [6.07, 6.45) is -0.477. The second kappa shape index (κ2) is 10.4. The fourth-order valence-electron chi connectivity index (χ4n) is 3.36. The Labute approximate surface area is 177 Å². The maximum atomic E-state index is 11.3. The number of anilines is 2. The number of benzene rings is 2. The molecule has 30 heavy (non-hydrogen) atoms. The topological polar surface area (TPSA) is 78.4 Å². The van der Waals surface area contributed by atoms with Gasteiger partial charge in [0.1, 0.15) is 5.75 Å². The van der Waals surface area contributed by atoms with Gasteiger partial charge in [0, 0.05) is 51.1 Å². The lowest BCUT2D eigenvalue weighted by atomic mass is 10.2. The van der Waals surface area contributed by atoms with Crippen LogP contribution in [0.4, 0.5) is 16.2 Å². The van der Waals surface area contributed by atoms with Crippen molar-refractivity contribution in [1.82, 2.24) is 10.2 Å². The summed E-state index contributed by atoms with van der Waals surface area (Å²) in [7, 11) is 4.83. The molecule has 0 atom stereocenters. The molecule has 1 amide bonds. The third-order valence-corrected chi connectivity index (χ3v) is 5.06. The van der Waals surface area contributed by atoms with Gasteiger partial charge in [-0.1, -0.05) is 12.1 Å². The van der Waals surface area contributed by atoms with Gasteiger partial charge < -0.3 is 24.6 Å². The third-order valence-electron chi connectivity index (χ3n) is 5.06. The molecule has 160 valence electrons. The van der Waals surface area contributed by atoms with E-state index in [1.54, 1.807) is 7.11 Å². The van der Waals surface area contributed by atoms with Crippen LogP contribution in [0.25, 0.3) is 0 Å². The maximum Gasteiger partial charge on any atom is 0.411 e. The van der Waals surface area contributed by atoms with Crippen LogP contribution in [-0.4, -0.2) is 64.4 Å². The van der Waals surface area contributed by atoms with E-state index in [-0.39, 0.29) is 0 Å². The summed E-state index contributed by atoms with van der Waals surface area (Å²) >= 11 is 0. The number of ether oxygens (including phenoxy) is 2. The van der Waals surface area contributed by atoms with Crippen molar-refractivity contribution in [3.63, 3.8) is 0 Å². The molecule has 1 fully saturated rings. The number of carbonyl (C=O) groups excluding carboxylic acids is 1. The Bertz CT molecular complexity index is 844. The second-order valence-corrected chi connectivity index (χ2v) is 6.89. The van der Waals surface area contributed by atoms with E-state index in [1.807, 2.05) is 43.4 Å². The van der Waals surface area contributed by atoms with Crippen molar-refractivity contribution < 1.29 is 14.3 Å². The fraction of sp³-hybridized carbons (Fsp3) is 0.364. The van der Waals surface area contributed by atoms with Gasteiger partial charge in [-0.2, -0.15) is 0 Å². The number of hydrogen-bond acceptors (Lipinski definition) is 5. The highest BCUT2D eigenvalue weighted by Gasteiger charge is 2.19. The third kappa shape index (κ3) is 5.56. The quantitative estimate of drug-likeness (QED) is 0.582. The van der Waals surface area contributed by atoms with Crippen LogP contribution in [0, 0.1) is 0 Å². The molecule has 8 heteroatoms. The van der Waals surface area contributed by atoms with E-state index in [9.17, 15) is 4.79 Å². The maximum absolute atomic E-state index is 11.3. The van der Waals surface area contributed by atoms with Crippen molar-refractivity contribution in [2.24, 2.45) is 4.99 Å². The van der Waals surface area contributed by atoms with Crippen LogP contribution >= 0.6 is 0 Å². The molecule has 2 N–H and O–H groups in total. The zero-order valence-electron chi connectivity index (χ0n) is 17.7. The highest BCUT2D eigenvalue weighted by molar-refractivity contribution is 5.84. The summed E-state index contributed by atoms with van der Waals surface area (Å²) in [5, 5.41) is 6.07. The minimum atomic E-state index is -0.477. The minimum absolute atomic E-state index is 0.477. The van der Waals surface area contributed by atoms with Gasteiger partial charge in [0.2, 0.25) is 0 Å². The summed E-state index contributed by atoms with van der Waals surface area (Å²) in [6, 6.07) is 15.8. The predicted molar refractivity (Wildman–Crippen MR) is 119 cm³/mol. The van der Waals surface area contributed by atoms with E-state index in [4.69, 9.17) is 4.74 Å². The molecule has 8 nitrogen and oxygen atoms in total. The summed E-state index contributed by atoms with van der Waals surface area (Å²) in [4.78, 5) is 20.3. The van der Waals surface area contributed by atoms with Crippen LogP contribution in [0.1, 0.15) is 5.56 Å². The number of nitrogens with one attached hydrogen (secondary N) is 2. The molecule has 0 radical (unpaired) electrons. The molecule has 0 unspecified atom stereocenters. The Morgan fingerprint density at radius 1 is 1.00 bits per heavy atom. The van der Waals surface area contributed by atoms with E-state index < -0.39 is 6.09 Å². The van der Waals surface area contributed by atoms with Crippen LogP contribution in [0.3, 0.4) is 0 Å². The first-order chi connectivity index (χ1) is 14.6. The summed E-state index contributed by atoms with van der Waals surface area (Å²) in [5.41, 5.74) is 3.01. The smallest absolute Gasteiger partial charge is 0.411 e. The SMILES string of the molecule is CN=C(NCc1ccc(NC(=O)OC)cc1)N1CCN(c2ccc(OC)cc2)CC1. The molecule has 0 aromatic heterocycles. The van der Waals surface area contributed by atoms with Crippen molar-refractivity contribution in [1.29, 1.82) is 0 Å². The Kier molecular flexibility index (Phi) is 7.37.